The van der Waals surface area contributed by atoms with Crippen molar-refractivity contribution in [2.75, 3.05) is 0 Å². The quantitative estimate of drug-likeness (QED) is 0.657. The first-order chi connectivity index (χ1) is 7.70. The Morgan fingerprint density at radius 1 is 1.44 bits per heavy atom. The van der Waals surface area contributed by atoms with Crippen LogP contribution in [0.3, 0.4) is 0 Å². The molecule has 1 atom stereocenters. The molecule has 1 aromatic carbocycles. The van der Waals surface area contributed by atoms with E-state index in [-0.39, 0.29) is 0 Å². The zero-order valence-corrected chi connectivity index (χ0v) is 11.6. The molecule has 2 heteroatoms. The van der Waals surface area contributed by atoms with Gasteiger partial charge >= 0.3 is 0 Å². The summed E-state index contributed by atoms with van der Waals surface area (Å²) in [6, 6.07) is 6.11. The fraction of sp³-hybridized carbons (Fsp3) is 0.286. The van der Waals surface area contributed by atoms with Gasteiger partial charge in [-0.3, -0.25) is 0 Å². The Bertz CT molecular complexity index is 446. The minimum absolute atomic E-state index is 0.613. The summed E-state index contributed by atoms with van der Waals surface area (Å²) < 4.78 is 0. The molecule has 0 fully saturated rings. The monoisotopic (exact) mass is 296 g/mol. The third-order valence-electron chi connectivity index (χ3n) is 2.84. The van der Waals surface area contributed by atoms with Gasteiger partial charge in [0.2, 0.25) is 0 Å². The minimum atomic E-state index is 0.613. The van der Waals surface area contributed by atoms with Gasteiger partial charge in [0.1, 0.15) is 0 Å². The van der Waals surface area contributed by atoms with Crippen LogP contribution in [0.25, 0.3) is 5.57 Å². The maximum absolute atomic E-state index is 6.07. The highest BCUT2D eigenvalue weighted by atomic mass is 79.9. The molecule has 84 valence electrons. The third kappa shape index (κ3) is 2.58. The van der Waals surface area contributed by atoms with E-state index in [1.807, 2.05) is 6.07 Å². The summed E-state index contributed by atoms with van der Waals surface area (Å²) in [6.07, 6.45) is 7.67. The molecular formula is C14H14BrCl. The van der Waals surface area contributed by atoms with E-state index in [4.69, 9.17) is 11.6 Å². The lowest BCUT2D eigenvalue weighted by molar-refractivity contribution is 0.748. The van der Waals surface area contributed by atoms with E-state index in [1.165, 1.54) is 16.7 Å². The predicted molar refractivity (Wildman–Crippen MR) is 75.0 cm³/mol. The molecule has 0 N–H and O–H groups in total. The number of benzene rings is 1. The maximum atomic E-state index is 6.07. The molecule has 0 aliphatic heterocycles. The lowest BCUT2D eigenvalue weighted by atomic mass is 9.89. The molecule has 1 aliphatic rings. The van der Waals surface area contributed by atoms with Crippen molar-refractivity contribution in [1.29, 1.82) is 0 Å². The lowest BCUT2D eigenvalue weighted by Crippen LogP contribution is -1.99. The van der Waals surface area contributed by atoms with Crippen LogP contribution in [0.1, 0.15) is 24.5 Å². The van der Waals surface area contributed by atoms with Crippen molar-refractivity contribution in [3.8, 4) is 0 Å². The molecule has 0 amide bonds. The number of allylic oxidation sites excluding steroid dienone is 4. The van der Waals surface area contributed by atoms with Gasteiger partial charge in [-0.2, -0.15) is 0 Å². The molecule has 0 bridgehead atoms. The highest BCUT2D eigenvalue weighted by molar-refractivity contribution is 9.08. The number of hydrogen-bond acceptors (Lipinski definition) is 0. The number of halogens is 2. The summed E-state index contributed by atoms with van der Waals surface area (Å²) in [5.74, 6) is 0.613. The first kappa shape index (κ1) is 11.9. The normalized spacial score (nSPS) is 19.7. The van der Waals surface area contributed by atoms with Crippen LogP contribution in [-0.2, 0) is 5.33 Å². The van der Waals surface area contributed by atoms with E-state index in [0.29, 0.717) is 5.92 Å². The van der Waals surface area contributed by atoms with Crippen LogP contribution < -0.4 is 0 Å². The van der Waals surface area contributed by atoms with Gasteiger partial charge in [0.15, 0.2) is 0 Å². The molecule has 1 aliphatic carbocycles. The van der Waals surface area contributed by atoms with Gasteiger partial charge < -0.3 is 0 Å². The molecule has 0 nitrogen and oxygen atoms in total. The van der Waals surface area contributed by atoms with Gasteiger partial charge in [-0.25, -0.2) is 0 Å². The molecular weight excluding hydrogens is 284 g/mol. The van der Waals surface area contributed by atoms with Gasteiger partial charge in [-0.15, -0.1) is 0 Å². The van der Waals surface area contributed by atoms with Gasteiger partial charge in [0.05, 0.1) is 0 Å². The molecule has 16 heavy (non-hydrogen) atoms. The minimum Gasteiger partial charge on any atom is -0.0876 e. The molecule has 1 unspecified atom stereocenters. The van der Waals surface area contributed by atoms with Crippen LogP contribution in [0.5, 0.6) is 0 Å². The molecule has 0 radical (unpaired) electrons. The molecule has 0 heterocycles. The van der Waals surface area contributed by atoms with E-state index in [1.54, 1.807) is 0 Å². The average Bonchev–Trinajstić information content (AvgIpc) is 2.29. The van der Waals surface area contributed by atoms with Crippen LogP contribution in [-0.4, -0.2) is 0 Å². The Kier molecular flexibility index (Phi) is 3.88. The highest BCUT2D eigenvalue weighted by Gasteiger charge is 2.12. The van der Waals surface area contributed by atoms with Crippen LogP contribution in [0.4, 0.5) is 0 Å². The number of hydrogen-bond donors (Lipinski definition) is 0. The van der Waals surface area contributed by atoms with E-state index < -0.39 is 0 Å². The largest absolute Gasteiger partial charge is 0.0876 e. The van der Waals surface area contributed by atoms with Crippen LogP contribution in [0, 0.1) is 5.92 Å². The van der Waals surface area contributed by atoms with E-state index >= 15 is 0 Å². The third-order valence-corrected chi connectivity index (χ3v) is 3.68. The van der Waals surface area contributed by atoms with Crippen LogP contribution in [0.15, 0.2) is 36.4 Å². The zero-order chi connectivity index (χ0) is 11.5. The topological polar surface area (TPSA) is 0 Å². The number of alkyl halides is 1. The van der Waals surface area contributed by atoms with Crippen molar-refractivity contribution < 1.29 is 0 Å². The zero-order valence-electron chi connectivity index (χ0n) is 9.21. The summed E-state index contributed by atoms with van der Waals surface area (Å²) in [7, 11) is 0. The summed E-state index contributed by atoms with van der Waals surface area (Å²) in [5.41, 5.74) is 3.96. The van der Waals surface area contributed by atoms with Crippen molar-refractivity contribution in [2.24, 2.45) is 5.92 Å². The first-order valence-electron chi connectivity index (χ1n) is 5.43. The van der Waals surface area contributed by atoms with Gasteiger partial charge in [-0.05, 0) is 41.2 Å². The first-order valence-corrected chi connectivity index (χ1v) is 6.93. The van der Waals surface area contributed by atoms with Crippen molar-refractivity contribution in [2.45, 2.75) is 18.7 Å². The molecule has 0 saturated carbocycles. The molecule has 0 aromatic heterocycles. The second-order valence-corrected chi connectivity index (χ2v) is 5.19. The smallest absolute Gasteiger partial charge is 0.0412 e. The fourth-order valence-electron chi connectivity index (χ4n) is 2.01. The van der Waals surface area contributed by atoms with Crippen LogP contribution in [0.2, 0.25) is 5.02 Å². The van der Waals surface area contributed by atoms with Gasteiger partial charge in [0.25, 0.3) is 0 Å². The number of rotatable bonds is 2. The van der Waals surface area contributed by atoms with Crippen molar-refractivity contribution >= 4 is 33.1 Å². The molecule has 0 spiro atoms. The Morgan fingerprint density at radius 2 is 2.25 bits per heavy atom. The van der Waals surface area contributed by atoms with E-state index in [0.717, 1.165) is 16.8 Å². The summed E-state index contributed by atoms with van der Waals surface area (Å²) >= 11 is 9.60. The Hall–Kier alpha value is -0.530. The lowest BCUT2D eigenvalue weighted by Gasteiger charge is -2.17. The summed E-state index contributed by atoms with van der Waals surface area (Å²) in [4.78, 5) is 0. The highest BCUT2D eigenvalue weighted by Crippen LogP contribution is 2.31. The Morgan fingerprint density at radius 3 is 2.94 bits per heavy atom. The average molecular weight is 298 g/mol. The summed E-state index contributed by atoms with van der Waals surface area (Å²) in [5, 5.41) is 1.68. The summed E-state index contributed by atoms with van der Waals surface area (Å²) in [6.45, 7) is 2.24. The van der Waals surface area contributed by atoms with Crippen molar-refractivity contribution in [3.63, 3.8) is 0 Å². The van der Waals surface area contributed by atoms with Gasteiger partial charge in [0, 0.05) is 10.4 Å². The van der Waals surface area contributed by atoms with E-state index in [2.05, 4.69) is 53.2 Å². The fourth-order valence-corrected chi connectivity index (χ4v) is 2.67. The second-order valence-electron chi connectivity index (χ2n) is 4.19. The van der Waals surface area contributed by atoms with Crippen molar-refractivity contribution in [3.05, 3.63) is 52.6 Å². The van der Waals surface area contributed by atoms with Gasteiger partial charge in [-0.1, -0.05) is 58.7 Å². The molecule has 2 rings (SSSR count). The standard InChI is InChI=1S/C14H14BrCl/c1-10-3-2-4-11(7-10)14-8-13(16)6-5-12(14)9-15/h2-6,8,10H,7,9H2,1H3. The second kappa shape index (κ2) is 5.20. The maximum Gasteiger partial charge on any atom is 0.0412 e. The predicted octanol–water partition coefficient (Wildman–Crippen LogP) is 5.21. The Labute approximate surface area is 110 Å². The van der Waals surface area contributed by atoms with E-state index in [9.17, 15) is 0 Å². The van der Waals surface area contributed by atoms with Crippen LogP contribution >= 0.6 is 27.5 Å². The SMILES string of the molecule is CC1C=CC=C(c2cc(Cl)ccc2CBr)C1. The van der Waals surface area contributed by atoms with Crippen molar-refractivity contribution in [1.82, 2.24) is 0 Å². The molecule has 1 aromatic rings. The molecule has 0 saturated heterocycles. The Balaban J connectivity index is 2.42.